The van der Waals surface area contributed by atoms with E-state index in [1.807, 2.05) is 0 Å². The Morgan fingerprint density at radius 2 is 2.06 bits per heavy atom. The Balaban J connectivity index is 0. The minimum Gasteiger partial charge on any atom is -0.480 e. The van der Waals surface area contributed by atoms with E-state index < -0.39 is 18.2 Å². The predicted molar refractivity (Wildman–Crippen MR) is 68.0 cm³/mol. The van der Waals surface area contributed by atoms with E-state index in [0.717, 1.165) is 0 Å². The summed E-state index contributed by atoms with van der Waals surface area (Å²) in [5.41, 5.74) is 10.3. The molecule has 0 spiro atoms. The van der Waals surface area contributed by atoms with E-state index in [-0.39, 0.29) is 18.4 Å². The van der Waals surface area contributed by atoms with Gasteiger partial charge in [0.1, 0.15) is 12.3 Å². The van der Waals surface area contributed by atoms with Crippen molar-refractivity contribution in [3.63, 3.8) is 0 Å². The van der Waals surface area contributed by atoms with Crippen molar-refractivity contribution in [2.45, 2.75) is 38.5 Å². The smallest absolute Gasteiger partial charge is 0.320 e. The molecule has 0 aliphatic rings. The Morgan fingerprint density at radius 3 is 2.47 bits per heavy atom. The number of halogens is 1. The number of carbonyl (C=O) groups is 1. The number of aliphatic hydroxyl groups excluding tert-OH is 1. The van der Waals surface area contributed by atoms with Crippen molar-refractivity contribution in [2.75, 3.05) is 6.54 Å². The number of rotatable bonds is 8. The number of aliphatic carboxylic acids is 1. The van der Waals surface area contributed by atoms with Crippen LogP contribution in [0.1, 0.15) is 26.2 Å². The van der Waals surface area contributed by atoms with Crippen LogP contribution < -0.4 is 16.8 Å². The van der Waals surface area contributed by atoms with E-state index in [0.29, 0.717) is 25.8 Å². The molecule has 2 atom stereocenters. The normalized spacial score (nSPS) is 13.3. The van der Waals surface area contributed by atoms with E-state index in [4.69, 9.17) is 16.6 Å². The number of hydrogen-bond donors (Lipinski definition) is 5. The van der Waals surface area contributed by atoms with Crippen molar-refractivity contribution in [1.29, 1.82) is 0 Å². The molecular weight excluding hydrogens is 248 g/mol. The summed E-state index contributed by atoms with van der Waals surface area (Å²) in [6.07, 6.45) is 0.559. The van der Waals surface area contributed by atoms with Gasteiger partial charge in [-0.3, -0.25) is 15.1 Å². The summed E-state index contributed by atoms with van der Waals surface area (Å²) in [6, 6.07) is -0.774. The third-order valence-electron chi connectivity index (χ3n) is 2.02. The fourth-order valence-electron chi connectivity index (χ4n) is 1.13. The molecule has 17 heavy (non-hydrogen) atoms. The molecule has 0 radical (unpaired) electrons. The molecule has 0 amide bonds. The van der Waals surface area contributed by atoms with Crippen LogP contribution in [0.25, 0.3) is 0 Å². The van der Waals surface area contributed by atoms with Gasteiger partial charge in [-0.1, -0.05) is 6.92 Å². The van der Waals surface area contributed by atoms with Crippen LogP contribution in [0.5, 0.6) is 0 Å². The number of guanidine groups is 1. The summed E-state index contributed by atoms with van der Waals surface area (Å²) in [7, 11) is 0. The van der Waals surface area contributed by atoms with Crippen molar-refractivity contribution in [3.05, 3.63) is 0 Å². The summed E-state index contributed by atoms with van der Waals surface area (Å²) < 4.78 is 0. The van der Waals surface area contributed by atoms with Crippen molar-refractivity contribution < 1.29 is 15.0 Å². The number of carboxylic acids is 1. The van der Waals surface area contributed by atoms with Gasteiger partial charge in [0.15, 0.2) is 5.96 Å². The third-order valence-corrected chi connectivity index (χ3v) is 2.02. The predicted octanol–water partition coefficient (Wildman–Crippen LogP) is -0.767. The Morgan fingerprint density at radius 1 is 1.47 bits per heavy atom. The highest BCUT2D eigenvalue weighted by atomic mass is 35.5. The molecule has 0 aromatic rings. The summed E-state index contributed by atoms with van der Waals surface area (Å²) in [6.45, 7) is 2.14. The van der Waals surface area contributed by atoms with Crippen molar-refractivity contribution >= 4 is 24.3 Å². The lowest BCUT2D eigenvalue weighted by atomic mass is 10.1. The molecular formula is C9H21ClN4O3. The van der Waals surface area contributed by atoms with Gasteiger partial charge in [-0.15, -0.1) is 12.4 Å². The minimum atomic E-state index is -0.989. The number of nitrogens with zero attached hydrogens (tertiary/aromatic N) is 1. The number of hydrogen-bond acceptors (Lipinski definition) is 4. The lowest BCUT2D eigenvalue weighted by Gasteiger charge is -2.17. The molecule has 102 valence electrons. The highest BCUT2D eigenvalue weighted by molar-refractivity contribution is 5.85. The fraction of sp³-hybridized carbons (Fsp3) is 0.778. The lowest BCUT2D eigenvalue weighted by molar-refractivity contribution is -0.140. The van der Waals surface area contributed by atoms with Gasteiger partial charge in [0, 0.05) is 6.54 Å². The number of aliphatic imine (C=N–C) groups is 1. The average molecular weight is 269 g/mol. The van der Waals surface area contributed by atoms with Gasteiger partial charge >= 0.3 is 5.97 Å². The first-order valence-corrected chi connectivity index (χ1v) is 5.19. The second kappa shape index (κ2) is 10.1. The van der Waals surface area contributed by atoms with Gasteiger partial charge in [-0.2, -0.15) is 0 Å². The van der Waals surface area contributed by atoms with Gasteiger partial charge in [-0.25, -0.2) is 0 Å². The molecule has 8 heteroatoms. The van der Waals surface area contributed by atoms with E-state index in [1.165, 1.54) is 0 Å². The van der Waals surface area contributed by atoms with Gasteiger partial charge < -0.3 is 21.7 Å². The molecule has 0 aromatic carbocycles. The highest BCUT2D eigenvalue weighted by Crippen LogP contribution is 2.00. The maximum Gasteiger partial charge on any atom is 0.320 e. The molecule has 0 heterocycles. The highest BCUT2D eigenvalue weighted by Gasteiger charge is 2.18. The summed E-state index contributed by atoms with van der Waals surface area (Å²) in [5.74, 6) is -0.995. The first-order chi connectivity index (χ1) is 7.47. The topological polar surface area (TPSA) is 134 Å². The van der Waals surface area contributed by atoms with E-state index in [2.05, 4.69) is 10.3 Å². The fourth-order valence-corrected chi connectivity index (χ4v) is 1.13. The van der Waals surface area contributed by atoms with Crippen LogP contribution in [0.15, 0.2) is 4.99 Å². The number of nitrogens with two attached hydrogens (primary N) is 2. The van der Waals surface area contributed by atoms with Gasteiger partial charge in [-0.05, 0) is 19.3 Å². The van der Waals surface area contributed by atoms with Crippen molar-refractivity contribution in [3.8, 4) is 0 Å². The van der Waals surface area contributed by atoms with Crippen LogP contribution in [-0.2, 0) is 4.79 Å². The molecule has 0 aromatic heterocycles. The summed E-state index contributed by atoms with van der Waals surface area (Å²) >= 11 is 0. The molecule has 0 rings (SSSR count). The van der Waals surface area contributed by atoms with E-state index >= 15 is 0 Å². The average Bonchev–Trinajstić information content (AvgIpc) is 2.21. The maximum absolute atomic E-state index is 10.8. The van der Waals surface area contributed by atoms with Crippen molar-refractivity contribution in [2.24, 2.45) is 16.5 Å². The van der Waals surface area contributed by atoms with Gasteiger partial charge in [0.2, 0.25) is 0 Å². The third kappa shape index (κ3) is 9.86. The molecule has 0 saturated carbocycles. The SMILES string of the molecule is CCC(O)NC(CCCN=C(N)N)C(=O)O.Cl. The Hall–Kier alpha value is -1.05. The second-order valence-corrected chi connectivity index (χ2v) is 3.43. The Labute approximate surface area is 107 Å². The minimum absolute atomic E-state index is 0. The van der Waals surface area contributed by atoms with Crippen LogP contribution >= 0.6 is 12.4 Å². The molecule has 0 saturated heterocycles. The van der Waals surface area contributed by atoms with Gasteiger partial charge in [0.05, 0.1) is 0 Å². The molecule has 0 aliphatic heterocycles. The molecule has 0 bridgehead atoms. The molecule has 2 unspecified atom stereocenters. The zero-order chi connectivity index (χ0) is 12.6. The first kappa shape index (κ1) is 18.3. The Kier molecular flexibility index (Phi) is 10.9. The number of nitrogens with one attached hydrogen (secondary N) is 1. The van der Waals surface area contributed by atoms with Crippen LogP contribution in [0, 0.1) is 0 Å². The molecule has 0 fully saturated rings. The monoisotopic (exact) mass is 268 g/mol. The second-order valence-electron chi connectivity index (χ2n) is 3.43. The lowest BCUT2D eigenvalue weighted by Crippen LogP contribution is -2.43. The van der Waals surface area contributed by atoms with Crippen LogP contribution in [0.4, 0.5) is 0 Å². The van der Waals surface area contributed by atoms with Gasteiger partial charge in [0.25, 0.3) is 0 Å². The maximum atomic E-state index is 10.8. The van der Waals surface area contributed by atoms with E-state index in [1.54, 1.807) is 6.92 Å². The van der Waals surface area contributed by atoms with Crippen LogP contribution in [0.3, 0.4) is 0 Å². The zero-order valence-corrected chi connectivity index (χ0v) is 10.6. The number of aliphatic hydroxyl groups is 1. The van der Waals surface area contributed by atoms with Crippen LogP contribution in [-0.4, -0.2) is 41.0 Å². The number of carboxylic acid groups (broad SMARTS) is 1. The largest absolute Gasteiger partial charge is 0.480 e. The van der Waals surface area contributed by atoms with E-state index in [9.17, 15) is 9.90 Å². The zero-order valence-electron chi connectivity index (χ0n) is 9.80. The quantitative estimate of drug-likeness (QED) is 0.170. The van der Waals surface area contributed by atoms with Crippen LogP contribution in [0.2, 0.25) is 0 Å². The Bertz CT molecular complexity index is 246. The molecule has 7 N–H and O–H groups in total. The van der Waals surface area contributed by atoms with Crippen molar-refractivity contribution in [1.82, 2.24) is 5.32 Å². The summed E-state index contributed by atoms with van der Waals surface area (Å²) in [4.78, 5) is 14.6. The standard InChI is InChI=1S/C9H20N4O3.ClH/c1-2-7(14)13-6(8(15)16)4-3-5-12-9(10)11;/h6-7,13-14H,2-5H2,1H3,(H,15,16)(H4,10,11,12);1H. The molecule has 0 aliphatic carbocycles. The molecule has 7 nitrogen and oxygen atoms in total. The first-order valence-electron chi connectivity index (χ1n) is 5.19. The summed E-state index contributed by atoms with van der Waals surface area (Å²) in [5, 5.41) is 20.7.